The molecule has 1 aliphatic heterocycles. The van der Waals surface area contributed by atoms with Crippen LogP contribution in [-0.4, -0.2) is 69.0 Å². The van der Waals surface area contributed by atoms with Crippen molar-refractivity contribution in [2.24, 2.45) is 4.99 Å². The van der Waals surface area contributed by atoms with Crippen molar-refractivity contribution in [1.82, 2.24) is 10.2 Å². The summed E-state index contributed by atoms with van der Waals surface area (Å²) in [6, 6.07) is 0. The minimum atomic E-state index is -3.04. The van der Waals surface area contributed by atoms with Gasteiger partial charge in [-0.3, -0.25) is 9.79 Å². The van der Waals surface area contributed by atoms with Gasteiger partial charge < -0.3 is 15.0 Å². The van der Waals surface area contributed by atoms with Crippen LogP contribution in [0.2, 0.25) is 0 Å². The fourth-order valence-electron chi connectivity index (χ4n) is 2.84. The second kappa shape index (κ2) is 12.0. The van der Waals surface area contributed by atoms with Gasteiger partial charge in [0.1, 0.15) is 0 Å². The van der Waals surface area contributed by atoms with E-state index in [2.05, 4.69) is 10.3 Å². The summed E-state index contributed by atoms with van der Waals surface area (Å²) in [5.74, 6) is 0.798. The SMILES string of the molecule is CCOC(=O)CCCCCCNC(=NC)N1CCS(=O)(=O)C(C)(C)C1.I. The Kier molecular flexibility index (Phi) is 11.7. The molecule has 1 N–H and O–H groups in total. The summed E-state index contributed by atoms with van der Waals surface area (Å²) in [7, 11) is -1.32. The van der Waals surface area contributed by atoms with Crippen molar-refractivity contribution in [3.8, 4) is 0 Å². The van der Waals surface area contributed by atoms with E-state index in [4.69, 9.17) is 4.74 Å². The van der Waals surface area contributed by atoms with Gasteiger partial charge in [0.25, 0.3) is 0 Å². The number of carbonyl (C=O) groups is 1. The molecule has 0 aliphatic carbocycles. The number of hydrogen-bond donors (Lipinski definition) is 1. The number of nitrogens with one attached hydrogen (secondary N) is 1. The Morgan fingerprint density at radius 2 is 1.88 bits per heavy atom. The van der Waals surface area contributed by atoms with Crippen molar-refractivity contribution in [3.63, 3.8) is 0 Å². The molecule has 9 heteroatoms. The van der Waals surface area contributed by atoms with Crippen LogP contribution < -0.4 is 5.32 Å². The van der Waals surface area contributed by atoms with Gasteiger partial charge in [-0.05, 0) is 33.6 Å². The lowest BCUT2D eigenvalue weighted by atomic mass is 10.1. The summed E-state index contributed by atoms with van der Waals surface area (Å²) >= 11 is 0. The number of hydrogen-bond acceptors (Lipinski definition) is 5. The van der Waals surface area contributed by atoms with Gasteiger partial charge in [-0.25, -0.2) is 8.42 Å². The summed E-state index contributed by atoms with van der Waals surface area (Å²) < 4.78 is 28.3. The number of esters is 1. The lowest BCUT2D eigenvalue weighted by Crippen LogP contribution is -2.57. The maximum absolute atomic E-state index is 12.1. The molecule has 0 aromatic heterocycles. The molecule has 1 saturated heterocycles. The first-order chi connectivity index (χ1) is 11.7. The molecule has 1 fully saturated rings. The van der Waals surface area contributed by atoms with Crippen LogP contribution in [0, 0.1) is 0 Å². The van der Waals surface area contributed by atoms with Crippen LogP contribution in [0.5, 0.6) is 0 Å². The Labute approximate surface area is 175 Å². The van der Waals surface area contributed by atoms with Crippen LogP contribution in [0.4, 0.5) is 0 Å². The Morgan fingerprint density at radius 3 is 2.46 bits per heavy atom. The molecule has 0 aromatic carbocycles. The van der Waals surface area contributed by atoms with E-state index in [0.717, 1.165) is 38.2 Å². The molecular formula is C17H34IN3O4S. The Balaban J connectivity index is 0.00000625. The third kappa shape index (κ3) is 7.98. The highest BCUT2D eigenvalue weighted by Gasteiger charge is 2.40. The second-order valence-corrected chi connectivity index (χ2v) is 9.69. The van der Waals surface area contributed by atoms with Gasteiger partial charge in [-0.1, -0.05) is 12.8 Å². The molecule has 1 aliphatic rings. The number of ether oxygens (including phenoxy) is 1. The Morgan fingerprint density at radius 1 is 1.23 bits per heavy atom. The first kappa shape index (κ1) is 25.4. The van der Waals surface area contributed by atoms with Crippen molar-refractivity contribution in [1.29, 1.82) is 0 Å². The minimum Gasteiger partial charge on any atom is -0.466 e. The van der Waals surface area contributed by atoms with Crippen molar-refractivity contribution >= 4 is 45.7 Å². The average Bonchev–Trinajstić information content (AvgIpc) is 2.53. The van der Waals surface area contributed by atoms with E-state index in [0.29, 0.717) is 26.1 Å². The molecular weight excluding hydrogens is 469 g/mol. The van der Waals surface area contributed by atoms with E-state index in [-0.39, 0.29) is 35.7 Å². The van der Waals surface area contributed by atoms with Gasteiger partial charge in [-0.15, -0.1) is 24.0 Å². The van der Waals surface area contributed by atoms with E-state index in [9.17, 15) is 13.2 Å². The molecule has 0 bridgehead atoms. The number of carbonyl (C=O) groups excluding carboxylic acids is 1. The molecule has 0 aromatic rings. The molecule has 1 heterocycles. The number of aliphatic imine (C=N–C) groups is 1. The van der Waals surface area contributed by atoms with Crippen LogP contribution in [0.3, 0.4) is 0 Å². The van der Waals surface area contributed by atoms with Gasteiger partial charge in [-0.2, -0.15) is 0 Å². The summed E-state index contributed by atoms with van der Waals surface area (Å²) in [5.41, 5.74) is 0. The Hall–Kier alpha value is -0.580. The van der Waals surface area contributed by atoms with Crippen molar-refractivity contribution in [2.45, 2.75) is 57.6 Å². The van der Waals surface area contributed by atoms with E-state index in [1.165, 1.54) is 0 Å². The van der Waals surface area contributed by atoms with Crippen LogP contribution in [0.15, 0.2) is 4.99 Å². The zero-order chi connectivity index (χ0) is 18.9. The minimum absolute atomic E-state index is 0. The second-order valence-electron chi connectivity index (χ2n) is 6.94. The normalized spacial score (nSPS) is 18.8. The fourth-order valence-corrected chi connectivity index (χ4v) is 4.20. The van der Waals surface area contributed by atoms with Gasteiger partial charge in [0.2, 0.25) is 0 Å². The summed E-state index contributed by atoms with van der Waals surface area (Å²) in [4.78, 5) is 17.5. The lowest BCUT2D eigenvalue weighted by Gasteiger charge is -2.39. The highest BCUT2D eigenvalue weighted by molar-refractivity contribution is 14.0. The third-order valence-corrected chi connectivity index (χ3v) is 6.98. The lowest BCUT2D eigenvalue weighted by molar-refractivity contribution is -0.143. The average molecular weight is 503 g/mol. The number of halogens is 1. The highest BCUT2D eigenvalue weighted by atomic mass is 127. The molecule has 0 amide bonds. The third-order valence-electron chi connectivity index (χ3n) is 4.45. The maximum atomic E-state index is 12.1. The zero-order valence-electron chi connectivity index (χ0n) is 16.4. The van der Waals surface area contributed by atoms with E-state index in [1.807, 2.05) is 11.8 Å². The van der Waals surface area contributed by atoms with Crippen molar-refractivity contribution < 1.29 is 17.9 Å². The summed E-state index contributed by atoms with van der Waals surface area (Å²) in [6.45, 7) is 7.51. The number of guanidine groups is 1. The first-order valence-electron chi connectivity index (χ1n) is 9.07. The fraction of sp³-hybridized carbons (Fsp3) is 0.882. The number of nitrogens with zero attached hydrogens (tertiary/aromatic N) is 2. The quantitative estimate of drug-likeness (QED) is 0.180. The number of sulfone groups is 1. The van der Waals surface area contributed by atoms with Crippen LogP contribution in [0.25, 0.3) is 0 Å². The maximum Gasteiger partial charge on any atom is 0.305 e. The van der Waals surface area contributed by atoms with Crippen LogP contribution in [0.1, 0.15) is 52.9 Å². The molecule has 0 spiro atoms. The molecule has 0 atom stereocenters. The molecule has 7 nitrogen and oxygen atoms in total. The monoisotopic (exact) mass is 503 g/mol. The summed E-state index contributed by atoms with van der Waals surface area (Å²) in [6.07, 6.45) is 4.35. The largest absolute Gasteiger partial charge is 0.466 e. The van der Waals surface area contributed by atoms with Crippen molar-refractivity contribution in [2.75, 3.05) is 39.0 Å². The van der Waals surface area contributed by atoms with E-state index in [1.54, 1.807) is 20.9 Å². The van der Waals surface area contributed by atoms with E-state index < -0.39 is 14.6 Å². The van der Waals surface area contributed by atoms with Gasteiger partial charge in [0, 0.05) is 33.1 Å². The predicted molar refractivity (Wildman–Crippen MR) is 116 cm³/mol. The van der Waals surface area contributed by atoms with Crippen LogP contribution >= 0.6 is 24.0 Å². The molecule has 0 saturated carbocycles. The van der Waals surface area contributed by atoms with Gasteiger partial charge >= 0.3 is 5.97 Å². The highest BCUT2D eigenvalue weighted by Crippen LogP contribution is 2.23. The van der Waals surface area contributed by atoms with Gasteiger partial charge in [0.05, 0.1) is 17.1 Å². The molecule has 0 radical (unpaired) electrons. The summed E-state index contributed by atoms with van der Waals surface area (Å²) in [5, 5.41) is 3.31. The smallest absolute Gasteiger partial charge is 0.305 e. The molecule has 26 heavy (non-hydrogen) atoms. The molecule has 1 rings (SSSR count). The topological polar surface area (TPSA) is 88.1 Å². The number of rotatable bonds is 8. The van der Waals surface area contributed by atoms with Crippen molar-refractivity contribution in [3.05, 3.63) is 0 Å². The standard InChI is InChI=1S/C17H33N3O4S.HI/c1-5-24-15(21)10-8-6-7-9-11-19-16(18-4)20-12-13-25(22,23)17(2,3)14-20;/h5-14H2,1-4H3,(H,18,19);1H. The zero-order valence-corrected chi connectivity index (χ0v) is 19.6. The molecule has 0 unspecified atom stereocenters. The van der Waals surface area contributed by atoms with Crippen LogP contribution in [-0.2, 0) is 19.4 Å². The predicted octanol–water partition coefficient (Wildman–Crippen LogP) is 2.20. The first-order valence-corrected chi connectivity index (χ1v) is 10.7. The number of unbranched alkanes of at least 4 members (excludes halogenated alkanes) is 3. The molecule has 154 valence electrons. The van der Waals surface area contributed by atoms with Gasteiger partial charge in [0.15, 0.2) is 15.8 Å². The Bertz CT molecular complexity index is 564. The van der Waals surface area contributed by atoms with E-state index >= 15 is 0 Å².